The van der Waals surface area contributed by atoms with E-state index in [-0.39, 0.29) is 5.57 Å². The van der Waals surface area contributed by atoms with Gasteiger partial charge >= 0.3 is 5.97 Å². The normalized spacial score (nSPS) is 13.6. The van der Waals surface area contributed by atoms with Crippen LogP contribution in [0.2, 0.25) is 0 Å². The molecule has 15 heavy (non-hydrogen) atoms. The molecule has 0 aliphatic rings. The number of carboxylic acids is 1. The highest BCUT2D eigenvalue weighted by molar-refractivity contribution is 5.86. The quantitative estimate of drug-likeness (QED) is 0.263. The maximum absolute atomic E-state index is 10.5. The van der Waals surface area contributed by atoms with E-state index >= 15 is 0 Å². The summed E-state index contributed by atoms with van der Waals surface area (Å²) >= 11 is 0. The van der Waals surface area contributed by atoms with Crippen molar-refractivity contribution in [1.82, 2.24) is 0 Å². The molecule has 0 aliphatic heterocycles. The third-order valence-corrected chi connectivity index (χ3v) is 2.02. The first-order valence-corrected chi connectivity index (χ1v) is 4.90. The van der Waals surface area contributed by atoms with E-state index in [9.17, 15) is 4.79 Å². The summed E-state index contributed by atoms with van der Waals surface area (Å²) in [4.78, 5) is 14.6. The van der Waals surface area contributed by atoms with E-state index in [0.29, 0.717) is 24.5 Å². The largest absolute Gasteiger partial charge is 0.478 e. The second-order valence-electron chi connectivity index (χ2n) is 3.44. The molecule has 0 heterocycles. The number of unbranched alkanes of at least 4 members (excludes halogenated alkanes) is 1. The third kappa shape index (κ3) is 6.54. The van der Waals surface area contributed by atoms with Gasteiger partial charge in [-0.15, -0.1) is 0 Å². The van der Waals surface area contributed by atoms with Crippen LogP contribution in [0.3, 0.4) is 0 Å². The monoisotopic (exact) mass is 213 g/mol. The smallest absolute Gasteiger partial charge is 0.333 e. The molecular weight excluding hydrogens is 194 g/mol. The number of amidine groups is 1. The van der Waals surface area contributed by atoms with Gasteiger partial charge in [0.15, 0.2) is 0 Å². The molecule has 0 aromatic rings. The summed E-state index contributed by atoms with van der Waals surface area (Å²) in [5.41, 5.74) is 11.6. The van der Waals surface area contributed by atoms with E-state index in [0.717, 1.165) is 12.8 Å². The Morgan fingerprint density at radius 2 is 1.87 bits per heavy atom. The Hall–Kier alpha value is -1.52. The number of rotatable bonds is 6. The van der Waals surface area contributed by atoms with Crippen molar-refractivity contribution in [3.63, 3.8) is 0 Å². The van der Waals surface area contributed by atoms with Crippen LogP contribution in [0.1, 0.15) is 33.1 Å². The fourth-order valence-corrected chi connectivity index (χ4v) is 1.01. The molecule has 0 saturated heterocycles. The van der Waals surface area contributed by atoms with Crippen molar-refractivity contribution in [2.75, 3.05) is 6.54 Å². The van der Waals surface area contributed by atoms with Crippen LogP contribution in [0.15, 0.2) is 16.3 Å². The van der Waals surface area contributed by atoms with E-state index in [1.807, 2.05) is 0 Å². The molecule has 86 valence electrons. The summed E-state index contributed by atoms with van der Waals surface area (Å²) in [5, 5.41) is 8.65. The summed E-state index contributed by atoms with van der Waals surface area (Å²) < 4.78 is 0. The van der Waals surface area contributed by atoms with Gasteiger partial charge in [0, 0.05) is 12.2 Å². The molecule has 0 saturated carbocycles. The molecule has 0 unspecified atom stereocenters. The van der Waals surface area contributed by atoms with Crippen LogP contribution in [0.4, 0.5) is 0 Å². The first-order valence-electron chi connectivity index (χ1n) is 4.90. The van der Waals surface area contributed by atoms with Crippen molar-refractivity contribution < 1.29 is 9.90 Å². The molecular formula is C10H19N3O2. The van der Waals surface area contributed by atoms with Crippen molar-refractivity contribution in [3.8, 4) is 0 Å². The number of aliphatic carboxylic acids is 1. The zero-order chi connectivity index (χ0) is 11.8. The number of carboxylic acid groups (broad SMARTS) is 1. The first kappa shape index (κ1) is 13.5. The van der Waals surface area contributed by atoms with E-state index in [4.69, 9.17) is 16.6 Å². The van der Waals surface area contributed by atoms with Gasteiger partial charge in [0.05, 0.1) is 11.4 Å². The second-order valence-corrected chi connectivity index (χ2v) is 3.44. The van der Waals surface area contributed by atoms with Crippen molar-refractivity contribution in [2.45, 2.75) is 33.1 Å². The van der Waals surface area contributed by atoms with Gasteiger partial charge < -0.3 is 16.6 Å². The Bertz CT molecular complexity index is 278. The molecule has 0 spiro atoms. The zero-order valence-corrected chi connectivity index (χ0v) is 9.29. The van der Waals surface area contributed by atoms with Gasteiger partial charge in [0.2, 0.25) is 0 Å². The molecule has 0 bridgehead atoms. The minimum absolute atomic E-state index is 0.230. The van der Waals surface area contributed by atoms with Crippen molar-refractivity contribution in [2.24, 2.45) is 16.5 Å². The lowest BCUT2D eigenvalue weighted by atomic mass is 10.1. The molecule has 0 radical (unpaired) electrons. The SMILES string of the molecule is CC(N)=NCCCCC(N)=C(C)C(=O)O. The highest BCUT2D eigenvalue weighted by Gasteiger charge is 2.05. The molecule has 0 aromatic carbocycles. The molecule has 0 fully saturated rings. The first-order chi connectivity index (χ1) is 6.95. The van der Waals surface area contributed by atoms with Crippen LogP contribution >= 0.6 is 0 Å². The molecule has 0 amide bonds. The maximum Gasteiger partial charge on any atom is 0.333 e. The molecule has 0 aromatic heterocycles. The Balaban J connectivity index is 3.83. The van der Waals surface area contributed by atoms with Gasteiger partial charge in [-0.1, -0.05) is 0 Å². The molecule has 5 heteroatoms. The average Bonchev–Trinajstić information content (AvgIpc) is 2.15. The number of hydrogen-bond donors (Lipinski definition) is 3. The van der Waals surface area contributed by atoms with Gasteiger partial charge in [0.25, 0.3) is 0 Å². The van der Waals surface area contributed by atoms with Crippen LogP contribution in [0.25, 0.3) is 0 Å². The highest BCUT2D eigenvalue weighted by Crippen LogP contribution is 2.07. The Kier molecular flexibility index (Phi) is 6.17. The molecule has 5 nitrogen and oxygen atoms in total. The minimum Gasteiger partial charge on any atom is -0.478 e. The predicted molar refractivity (Wildman–Crippen MR) is 60.5 cm³/mol. The number of carbonyl (C=O) groups is 1. The number of nitrogens with zero attached hydrogens (tertiary/aromatic N) is 1. The zero-order valence-electron chi connectivity index (χ0n) is 9.29. The maximum atomic E-state index is 10.5. The fraction of sp³-hybridized carbons (Fsp3) is 0.600. The standard InChI is InChI=1S/C10H19N3O2/c1-7(10(14)15)9(12)5-3-4-6-13-8(2)11/h3-6,12H2,1-2H3,(H2,11,13)(H,14,15). The van der Waals surface area contributed by atoms with E-state index in [1.54, 1.807) is 6.92 Å². The lowest BCUT2D eigenvalue weighted by molar-refractivity contribution is -0.132. The minimum atomic E-state index is -0.955. The lowest BCUT2D eigenvalue weighted by Gasteiger charge is -2.03. The van der Waals surface area contributed by atoms with Crippen LogP contribution < -0.4 is 11.5 Å². The number of aliphatic imine (C=N–C) groups is 1. The van der Waals surface area contributed by atoms with Crippen molar-refractivity contribution in [3.05, 3.63) is 11.3 Å². The summed E-state index contributed by atoms with van der Waals surface area (Å²) in [6, 6.07) is 0. The van der Waals surface area contributed by atoms with Crippen LogP contribution in [0, 0.1) is 0 Å². The van der Waals surface area contributed by atoms with Crippen molar-refractivity contribution in [1.29, 1.82) is 0 Å². The number of allylic oxidation sites excluding steroid dienone is 1. The molecule has 0 atom stereocenters. The Labute approximate surface area is 89.9 Å². The number of nitrogens with two attached hydrogens (primary N) is 2. The average molecular weight is 213 g/mol. The molecule has 0 rings (SSSR count). The Morgan fingerprint density at radius 3 is 2.33 bits per heavy atom. The van der Waals surface area contributed by atoms with Gasteiger partial charge in [-0.25, -0.2) is 4.79 Å². The van der Waals surface area contributed by atoms with Gasteiger partial charge in [-0.3, -0.25) is 4.99 Å². The van der Waals surface area contributed by atoms with Gasteiger partial charge in [0.1, 0.15) is 0 Å². The molecule has 5 N–H and O–H groups in total. The van der Waals surface area contributed by atoms with E-state index in [2.05, 4.69) is 4.99 Å². The van der Waals surface area contributed by atoms with Crippen LogP contribution in [-0.4, -0.2) is 23.5 Å². The van der Waals surface area contributed by atoms with Crippen LogP contribution in [-0.2, 0) is 4.79 Å². The van der Waals surface area contributed by atoms with Crippen molar-refractivity contribution >= 4 is 11.8 Å². The van der Waals surface area contributed by atoms with Crippen LogP contribution in [0.5, 0.6) is 0 Å². The van der Waals surface area contributed by atoms with Gasteiger partial charge in [-0.2, -0.15) is 0 Å². The number of hydrogen-bond acceptors (Lipinski definition) is 3. The summed E-state index contributed by atoms with van der Waals surface area (Å²) in [5.74, 6) is -0.386. The third-order valence-electron chi connectivity index (χ3n) is 2.02. The topological polar surface area (TPSA) is 102 Å². The lowest BCUT2D eigenvalue weighted by Crippen LogP contribution is -2.08. The summed E-state index contributed by atoms with van der Waals surface area (Å²) in [6.07, 6.45) is 2.28. The summed E-state index contributed by atoms with van der Waals surface area (Å²) in [7, 11) is 0. The van der Waals surface area contributed by atoms with Gasteiger partial charge in [-0.05, 0) is 33.1 Å². The predicted octanol–water partition coefficient (Wildman–Crippen LogP) is 0.851. The fourth-order valence-electron chi connectivity index (χ4n) is 1.01. The Morgan fingerprint density at radius 1 is 1.27 bits per heavy atom. The molecule has 0 aliphatic carbocycles. The second kappa shape index (κ2) is 6.86. The summed E-state index contributed by atoms with van der Waals surface area (Å²) in [6.45, 7) is 3.92. The highest BCUT2D eigenvalue weighted by atomic mass is 16.4. The van der Waals surface area contributed by atoms with E-state index in [1.165, 1.54) is 6.92 Å². The van der Waals surface area contributed by atoms with E-state index < -0.39 is 5.97 Å².